The van der Waals surface area contributed by atoms with Crippen LogP contribution in [0.15, 0.2) is 48.5 Å². The summed E-state index contributed by atoms with van der Waals surface area (Å²) in [5.74, 6) is -0.969. The van der Waals surface area contributed by atoms with Crippen molar-refractivity contribution in [2.45, 2.75) is 6.92 Å². The number of hydrogen-bond acceptors (Lipinski definition) is 3. The molecule has 0 heterocycles. The van der Waals surface area contributed by atoms with Crippen molar-refractivity contribution in [2.24, 2.45) is 0 Å². The normalized spacial score (nSPS) is 9.17. The third-order valence-corrected chi connectivity index (χ3v) is 2.24. The highest BCUT2D eigenvalue weighted by molar-refractivity contribution is 5.87. The summed E-state index contributed by atoms with van der Waals surface area (Å²) >= 11 is 0. The lowest BCUT2D eigenvalue weighted by molar-refractivity contribution is 0.0697. The highest BCUT2D eigenvalue weighted by Gasteiger charge is 1.98. The third-order valence-electron chi connectivity index (χ3n) is 2.24. The molecule has 0 aliphatic carbocycles. The molecule has 0 amide bonds. The molecule has 2 aromatic carbocycles. The molecule has 4 nitrogen and oxygen atoms in total. The predicted molar refractivity (Wildman–Crippen MR) is 67.9 cm³/mol. The lowest BCUT2D eigenvalue weighted by Crippen LogP contribution is -1.93. The summed E-state index contributed by atoms with van der Waals surface area (Å²) in [6.07, 6.45) is 0. The van der Waals surface area contributed by atoms with Gasteiger partial charge in [0.15, 0.2) is 11.5 Å². The highest BCUT2D eigenvalue weighted by atomic mass is 16.4. The molecule has 3 N–H and O–H groups in total. The molecule has 0 unspecified atom stereocenters. The van der Waals surface area contributed by atoms with E-state index in [1.165, 1.54) is 6.07 Å². The number of aromatic carboxylic acids is 1. The molecule has 0 aliphatic rings. The Hall–Kier alpha value is -2.49. The van der Waals surface area contributed by atoms with E-state index in [-0.39, 0.29) is 11.5 Å². The molecule has 0 bridgehead atoms. The Morgan fingerprint density at radius 3 is 1.94 bits per heavy atom. The van der Waals surface area contributed by atoms with E-state index in [0.29, 0.717) is 11.1 Å². The average Bonchev–Trinajstić information content (AvgIpc) is 2.38. The van der Waals surface area contributed by atoms with Crippen LogP contribution >= 0.6 is 0 Å². The van der Waals surface area contributed by atoms with Crippen LogP contribution in [0.3, 0.4) is 0 Å². The van der Waals surface area contributed by atoms with Crippen molar-refractivity contribution in [3.63, 3.8) is 0 Å². The fraction of sp³-hybridized carbons (Fsp3) is 0.0714. The van der Waals surface area contributed by atoms with Crippen LogP contribution in [-0.2, 0) is 0 Å². The van der Waals surface area contributed by atoms with Crippen LogP contribution in [0, 0.1) is 6.92 Å². The number of para-hydroxylation sites is 1. The Balaban J connectivity index is 0.000000180. The summed E-state index contributed by atoms with van der Waals surface area (Å²) in [4.78, 5) is 10.2. The van der Waals surface area contributed by atoms with Crippen molar-refractivity contribution in [3.8, 4) is 11.5 Å². The number of aryl methyl sites for hydroxylation is 1. The molecular weight excluding hydrogens is 232 g/mol. The molecule has 0 aromatic heterocycles. The fourth-order valence-corrected chi connectivity index (χ4v) is 1.22. The number of carboxylic acid groups (broad SMARTS) is 1. The van der Waals surface area contributed by atoms with Gasteiger partial charge in [0.05, 0.1) is 5.56 Å². The fourth-order valence-electron chi connectivity index (χ4n) is 1.22. The van der Waals surface area contributed by atoms with Crippen molar-refractivity contribution in [2.75, 3.05) is 0 Å². The summed E-state index contributed by atoms with van der Waals surface area (Å²) < 4.78 is 0. The van der Waals surface area contributed by atoms with E-state index in [1.54, 1.807) is 49.4 Å². The lowest BCUT2D eigenvalue weighted by atomic mass is 10.2. The van der Waals surface area contributed by atoms with Crippen molar-refractivity contribution in [3.05, 3.63) is 59.7 Å². The van der Waals surface area contributed by atoms with Crippen molar-refractivity contribution in [1.29, 1.82) is 0 Å². The Morgan fingerprint density at radius 1 is 0.944 bits per heavy atom. The minimum absolute atomic E-state index is 0.0301. The minimum Gasteiger partial charge on any atom is -0.504 e. The molecule has 2 aromatic rings. The number of phenols is 2. The second kappa shape index (κ2) is 6.30. The molecule has 0 saturated carbocycles. The molecule has 0 aliphatic heterocycles. The summed E-state index contributed by atoms with van der Waals surface area (Å²) in [5.41, 5.74) is 1.02. The van der Waals surface area contributed by atoms with Gasteiger partial charge in [-0.2, -0.15) is 0 Å². The quantitative estimate of drug-likeness (QED) is 0.676. The molecule has 94 valence electrons. The number of rotatable bonds is 1. The molecule has 0 saturated heterocycles. The second-order valence-corrected chi connectivity index (χ2v) is 3.61. The van der Waals surface area contributed by atoms with Crippen molar-refractivity contribution < 1.29 is 20.1 Å². The van der Waals surface area contributed by atoms with Crippen molar-refractivity contribution >= 4 is 5.97 Å². The van der Waals surface area contributed by atoms with Crippen LogP contribution < -0.4 is 0 Å². The van der Waals surface area contributed by atoms with E-state index in [4.69, 9.17) is 15.3 Å². The Morgan fingerprint density at radius 2 is 1.56 bits per heavy atom. The van der Waals surface area contributed by atoms with Crippen molar-refractivity contribution in [1.82, 2.24) is 0 Å². The number of carbonyl (C=O) groups is 1. The van der Waals surface area contributed by atoms with Crippen LogP contribution in [-0.4, -0.2) is 21.3 Å². The topological polar surface area (TPSA) is 77.8 Å². The number of carboxylic acids is 1. The summed E-state index contributed by atoms with van der Waals surface area (Å²) in [6, 6.07) is 13.2. The van der Waals surface area contributed by atoms with E-state index in [2.05, 4.69) is 0 Å². The monoisotopic (exact) mass is 246 g/mol. The zero-order valence-electron chi connectivity index (χ0n) is 9.87. The molecule has 4 heteroatoms. The van der Waals surface area contributed by atoms with E-state index in [9.17, 15) is 4.79 Å². The Kier molecular flexibility index (Phi) is 4.75. The predicted octanol–water partition coefficient (Wildman–Crippen LogP) is 2.79. The first-order chi connectivity index (χ1) is 8.52. The van der Waals surface area contributed by atoms with E-state index < -0.39 is 5.97 Å². The van der Waals surface area contributed by atoms with Gasteiger partial charge in [0.1, 0.15) is 0 Å². The van der Waals surface area contributed by atoms with Gasteiger partial charge in [0.25, 0.3) is 0 Å². The smallest absolute Gasteiger partial charge is 0.335 e. The maximum atomic E-state index is 10.2. The second-order valence-electron chi connectivity index (χ2n) is 3.61. The van der Waals surface area contributed by atoms with Gasteiger partial charge in [0.2, 0.25) is 0 Å². The third kappa shape index (κ3) is 3.83. The largest absolute Gasteiger partial charge is 0.504 e. The van der Waals surface area contributed by atoms with Gasteiger partial charge in [-0.05, 0) is 30.7 Å². The lowest BCUT2D eigenvalue weighted by Gasteiger charge is -1.97. The van der Waals surface area contributed by atoms with Gasteiger partial charge in [-0.1, -0.05) is 30.3 Å². The van der Waals surface area contributed by atoms with E-state index in [0.717, 1.165) is 0 Å². The van der Waals surface area contributed by atoms with Gasteiger partial charge in [-0.25, -0.2) is 4.79 Å². The van der Waals surface area contributed by atoms with Crippen LogP contribution in [0.25, 0.3) is 0 Å². The van der Waals surface area contributed by atoms with Crippen LogP contribution in [0.5, 0.6) is 11.5 Å². The summed E-state index contributed by atoms with van der Waals surface area (Å²) in [5, 5.41) is 26.2. The molecule has 0 fully saturated rings. The number of benzene rings is 2. The molecule has 0 atom stereocenters. The van der Waals surface area contributed by atoms with Gasteiger partial charge < -0.3 is 15.3 Å². The Labute approximate surface area is 105 Å². The maximum absolute atomic E-state index is 10.2. The molecule has 2 rings (SSSR count). The number of hydrogen-bond donors (Lipinski definition) is 3. The molecule has 0 spiro atoms. The molecular formula is C14H14O4. The zero-order valence-corrected chi connectivity index (χ0v) is 9.87. The first-order valence-corrected chi connectivity index (χ1v) is 5.28. The van der Waals surface area contributed by atoms with Crippen LogP contribution in [0.2, 0.25) is 0 Å². The molecule has 18 heavy (non-hydrogen) atoms. The standard InChI is InChI=1S/C7H8O2.C7H6O2/c1-5-3-2-4-6(8)7(5)9;8-7(9)6-4-2-1-3-5-6/h2-4,8-9H,1H3;1-5H,(H,8,9). The van der Waals surface area contributed by atoms with E-state index >= 15 is 0 Å². The zero-order chi connectivity index (χ0) is 13.5. The first-order valence-electron chi connectivity index (χ1n) is 5.28. The first kappa shape index (κ1) is 13.6. The van der Waals surface area contributed by atoms with Gasteiger partial charge in [-0.15, -0.1) is 0 Å². The minimum atomic E-state index is -0.879. The summed E-state index contributed by atoms with van der Waals surface area (Å²) in [6.45, 7) is 1.73. The van der Waals surface area contributed by atoms with E-state index in [1.807, 2.05) is 0 Å². The van der Waals surface area contributed by atoms with Gasteiger partial charge >= 0.3 is 5.97 Å². The summed E-state index contributed by atoms with van der Waals surface area (Å²) in [7, 11) is 0. The maximum Gasteiger partial charge on any atom is 0.335 e. The van der Waals surface area contributed by atoms with Crippen LogP contribution in [0.1, 0.15) is 15.9 Å². The van der Waals surface area contributed by atoms with Gasteiger partial charge in [-0.3, -0.25) is 0 Å². The SMILES string of the molecule is Cc1cccc(O)c1O.O=C(O)c1ccccc1. The average molecular weight is 246 g/mol. The van der Waals surface area contributed by atoms with Gasteiger partial charge in [0, 0.05) is 0 Å². The van der Waals surface area contributed by atoms with Crippen LogP contribution in [0.4, 0.5) is 0 Å². The number of phenolic OH excluding ortho intramolecular Hbond substituents is 2. The highest BCUT2D eigenvalue weighted by Crippen LogP contribution is 2.26. The number of aromatic hydroxyl groups is 2. The molecule has 0 radical (unpaired) electrons. The Bertz CT molecular complexity index is 500.